The third kappa shape index (κ3) is 1.81. The number of carbonyl (C=O) groups excluding carboxylic acids is 1. The molecule has 0 radical (unpaired) electrons. The van der Waals surface area contributed by atoms with Crippen LogP contribution in [-0.2, 0) is 9.53 Å². The van der Waals surface area contributed by atoms with Crippen molar-refractivity contribution in [1.82, 2.24) is 0 Å². The van der Waals surface area contributed by atoms with Gasteiger partial charge in [0.05, 0.1) is 7.11 Å². The van der Waals surface area contributed by atoms with E-state index in [1.54, 1.807) is 18.2 Å². The van der Waals surface area contributed by atoms with Gasteiger partial charge in [-0.15, -0.1) is 0 Å². The first-order valence-corrected chi connectivity index (χ1v) is 4.96. The van der Waals surface area contributed by atoms with Crippen LogP contribution in [0.4, 0.5) is 0 Å². The van der Waals surface area contributed by atoms with Crippen LogP contribution in [0.15, 0.2) is 18.2 Å². The quantitative estimate of drug-likeness (QED) is 0.744. The molecule has 0 fully saturated rings. The fraction of sp³-hybridized carbons (Fsp3) is 0.364. The standard InChI is InChI=1S/C11H13NO4/c1-14-11(13)9(12)7-3-2-4-8-10(7)16-6-5-15-8/h2-4,9H,5-6,12H2,1H3/t9-/m1/s1. The Hall–Kier alpha value is -1.75. The van der Waals surface area contributed by atoms with Gasteiger partial charge in [-0.25, -0.2) is 0 Å². The summed E-state index contributed by atoms with van der Waals surface area (Å²) in [6.07, 6.45) is 0. The number of benzene rings is 1. The molecule has 16 heavy (non-hydrogen) atoms. The highest BCUT2D eigenvalue weighted by Crippen LogP contribution is 2.36. The van der Waals surface area contributed by atoms with Gasteiger partial charge in [-0.05, 0) is 6.07 Å². The Balaban J connectivity index is 2.37. The average molecular weight is 223 g/mol. The van der Waals surface area contributed by atoms with Gasteiger partial charge in [0.2, 0.25) is 0 Å². The van der Waals surface area contributed by atoms with Gasteiger partial charge in [-0.1, -0.05) is 12.1 Å². The lowest BCUT2D eigenvalue weighted by molar-refractivity contribution is -0.142. The molecule has 5 heteroatoms. The third-order valence-electron chi connectivity index (χ3n) is 2.39. The molecule has 86 valence electrons. The first-order valence-electron chi connectivity index (χ1n) is 4.96. The predicted molar refractivity (Wildman–Crippen MR) is 56.4 cm³/mol. The van der Waals surface area contributed by atoms with Crippen molar-refractivity contribution in [3.63, 3.8) is 0 Å². The summed E-state index contributed by atoms with van der Waals surface area (Å²) < 4.78 is 15.4. The molecule has 1 atom stereocenters. The summed E-state index contributed by atoms with van der Waals surface area (Å²) in [4.78, 5) is 11.4. The molecule has 0 amide bonds. The highest BCUT2D eigenvalue weighted by Gasteiger charge is 2.24. The minimum atomic E-state index is -0.846. The van der Waals surface area contributed by atoms with Gasteiger partial charge in [0.15, 0.2) is 11.5 Å². The summed E-state index contributed by atoms with van der Waals surface area (Å²) in [5.41, 5.74) is 6.35. The lowest BCUT2D eigenvalue weighted by atomic mass is 10.1. The van der Waals surface area contributed by atoms with E-state index in [0.29, 0.717) is 30.3 Å². The van der Waals surface area contributed by atoms with Crippen LogP contribution in [0, 0.1) is 0 Å². The van der Waals surface area contributed by atoms with Gasteiger partial charge in [0.25, 0.3) is 0 Å². The maximum absolute atomic E-state index is 11.4. The van der Waals surface area contributed by atoms with Gasteiger partial charge in [-0.2, -0.15) is 0 Å². The van der Waals surface area contributed by atoms with E-state index in [9.17, 15) is 4.79 Å². The van der Waals surface area contributed by atoms with E-state index in [0.717, 1.165) is 0 Å². The zero-order valence-corrected chi connectivity index (χ0v) is 8.93. The molecule has 1 aromatic rings. The minimum absolute atomic E-state index is 0.456. The molecule has 0 unspecified atom stereocenters. The predicted octanol–water partition coefficient (Wildman–Crippen LogP) is 0.631. The summed E-state index contributed by atoms with van der Waals surface area (Å²) in [6, 6.07) is 4.43. The topological polar surface area (TPSA) is 70.8 Å². The van der Waals surface area contributed by atoms with Gasteiger partial charge < -0.3 is 19.9 Å². The van der Waals surface area contributed by atoms with Crippen LogP contribution in [0.25, 0.3) is 0 Å². The van der Waals surface area contributed by atoms with Gasteiger partial charge in [-0.3, -0.25) is 4.79 Å². The van der Waals surface area contributed by atoms with Crippen LogP contribution in [0.5, 0.6) is 11.5 Å². The molecule has 2 N–H and O–H groups in total. The van der Waals surface area contributed by atoms with Crippen LogP contribution in [0.1, 0.15) is 11.6 Å². The number of para-hydroxylation sites is 1. The highest BCUT2D eigenvalue weighted by molar-refractivity contribution is 5.78. The molecule has 5 nitrogen and oxygen atoms in total. The Morgan fingerprint density at radius 2 is 2.19 bits per heavy atom. The first-order chi connectivity index (χ1) is 7.74. The molecule has 0 aromatic heterocycles. The van der Waals surface area contributed by atoms with Crippen LogP contribution < -0.4 is 15.2 Å². The molecule has 1 aliphatic heterocycles. The van der Waals surface area contributed by atoms with Crippen molar-refractivity contribution in [2.45, 2.75) is 6.04 Å². The monoisotopic (exact) mass is 223 g/mol. The molecule has 0 aliphatic carbocycles. The van der Waals surface area contributed by atoms with Crippen LogP contribution in [-0.4, -0.2) is 26.3 Å². The number of ether oxygens (including phenoxy) is 3. The van der Waals surface area contributed by atoms with Crippen molar-refractivity contribution >= 4 is 5.97 Å². The van der Waals surface area contributed by atoms with E-state index < -0.39 is 12.0 Å². The smallest absolute Gasteiger partial charge is 0.327 e. The Kier molecular flexibility index (Phi) is 2.96. The normalized spacial score (nSPS) is 15.4. The maximum atomic E-state index is 11.4. The summed E-state index contributed by atoms with van der Waals surface area (Å²) in [5.74, 6) is 0.650. The molecule has 0 saturated carbocycles. The van der Waals surface area contributed by atoms with E-state index in [2.05, 4.69) is 4.74 Å². The van der Waals surface area contributed by atoms with Crippen molar-refractivity contribution in [3.05, 3.63) is 23.8 Å². The SMILES string of the molecule is COC(=O)[C@H](N)c1cccc2c1OCCO2. The number of fused-ring (bicyclic) bond motifs is 1. The highest BCUT2D eigenvalue weighted by atomic mass is 16.6. The molecule has 0 saturated heterocycles. The molecule has 2 rings (SSSR count). The fourth-order valence-corrected chi connectivity index (χ4v) is 1.60. The van der Waals surface area contributed by atoms with Crippen molar-refractivity contribution < 1.29 is 19.0 Å². The largest absolute Gasteiger partial charge is 0.486 e. The van der Waals surface area contributed by atoms with Crippen LogP contribution in [0.3, 0.4) is 0 Å². The van der Waals surface area contributed by atoms with Crippen molar-refractivity contribution in [2.24, 2.45) is 5.73 Å². The summed E-state index contributed by atoms with van der Waals surface area (Å²) >= 11 is 0. The summed E-state index contributed by atoms with van der Waals surface area (Å²) in [5, 5.41) is 0. The Bertz CT molecular complexity index is 405. The lowest BCUT2D eigenvalue weighted by Gasteiger charge is -2.22. The molecule has 0 bridgehead atoms. The van der Waals surface area contributed by atoms with Crippen molar-refractivity contribution in [2.75, 3.05) is 20.3 Å². The van der Waals surface area contributed by atoms with Crippen molar-refractivity contribution in [1.29, 1.82) is 0 Å². The Morgan fingerprint density at radius 1 is 1.44 bits per heavy atom. The van der Waals surface area contributed by atoms with E-state index in [1.807, 2.05) is 0 Å². The Morgan fingerprint density at radius 3 is 2.94 bits per heavy atom. The zero-order valence-electron chi connectivity index (χ0n) is 8.93. The summed E-state index contributed by atoms with van der Waals surface area (Å²) in [6.45, 7) is 0.960. The van der Waals surface area contributed by atoms with E-state index in [1.165, 1.54) is 7.11 Å². The number of rotatable bonds is 2. The molecule has 1 heterocycles. The number of nitrogens with two attached hydrogens (primary N) is 1. The number of esters is 1. The second-order valence-corrected chi connectivity index (χ2v) is 3.37. The number of hydrogen-bond donors (Lipinski definition) is 1. The average Bonchev–Trinajstić information content (AvgIpc) is 2.36. The van der Waals surface area contributed by atoms with Gasteiger partial charge in [0.1, 0.15) is 19.3 Å². The molecule has 1 aromatic carbocycles. The van der Waals surface area contributed by atoms with E-state index in [-0.39, 0.29) is 0 Å². The van der Waals surface area contributed by atoms with Gasteiger partial charge >= 0.3 is 5.97 Å². The van der Waals surface area contributed by atoms with Crippen molar-refractivity contribution in [3.8, 4) is 11.5 Å². The number of carbonyl (C=O) groups is 1. The van der Waals surface area contributed by atoms with E-state index >= 15 is 0 Å². The lowest BCUT2D eigenvalue weighted by Crippen LogP contribution is -2.25. The van der Waals surface area contributed by atoms with E-state index in [4.69, 9.17) is 15.2 Å². The molecule has 0 spiro atoms. The molecular formula is C11H13NO4. The summed E-state index contributed by atoms with van der Waals surface area (Å²) in [7, 11) is 1.30. The van der Waals surface area contributed by atoms with Gasteiger partial charge in [0, 0.05) is 5.56 Å². The zero-order chi connectivity index (χ0) is 11.5. The van der Waals surface area contributed by atoms with Crippen LogP contribution >= 0.6 is 0 Å². The molecule has 1 aliphatic rings. The van der Waals surface area contributed by atoms with Crippen LogP contribution in [0.2, 0.25) is 0 Å². The first kappa shape index (κ1) is 10.8. The minimum Gasteiger partial charge on any atom is -0.486 e. The fourth-order valence-electron chi connectivity index (χ4n) is 1.60. The number of methoxy groups -OCH3 is 1. The maximum Gasteiger partial charge on any atom is 0.327 e. The second-order valence-electron chi connectivity index (χ2n) is 3.37. The second kappa shape index (κ2) is 4.40. The number of hydrogen-bond acceptors (Lipinski definition) is 5. The molecular weight excluding hydrogens is 210 g/mol. The Labute approximate surface area is 93.1 Å². The third-order valence-corrected chi connectivity index (χ3v) is 2.39.